The second kappa shape index (κ2) is 9.01. The number of primary amides is 1. The zero-order valence-electron chi connectivity index (χ0n) is 14.8. The van der Waals surface area contributed by atoms with Crippen LogP contribution in [0.1, 0.15) is 17.9 Å². The Morgan fingerprint density at radius 2 is 1.79 bits per heavy atom. The minimum Gasteiger partial charge on any atom is -0.352 e. The molecule has 1 heterocycles. The van der Waals surface area contributed by atoms with Crippen molar-refractivity contribution < 1.29 is 14.1 Å². The third-order valence-corrected chi connectivity index (χ3v) is 4.10. The Bertz CT molecular complexity index is 954. The lowest BCUT2D eigenvalue weighted by Crippen LogP contribution is -2.23. The number of urea groups is 1. The van der Waals surface area contributed by atoms with E-state index in [-0.39, 0.29) is 12.3 Å². The van der Waals surface area contributed by atoms with Crippen LogP contribution in [-0.2, 0) is 17.8 Å². The van der Waals surface area contributed by atoms with Crippen molar-refractivity contribution in [2.45, 2.75) is 19.4 Å². The number of aromatic nitrogens is 2. The van der Waals surface area contributed by atoms with Gasteiger partial charge in [0.1, 0.15) is 0 Å². The predicted molar refractivity (Wildman–Crippen MR) is 105 cm³/mol. The predicted octanol–water partition coefficient (Wildman–Crippen LogP) is 3.13. The Labute approximate surface area is 166 Å². The van der Waals surface area contributed by atoms with Gasteiger partial charge in [-0.3, -0.25) is 4.79 Å². The van der Waals surface area contributed by atoms with Gasteiger partial charge in [-0.1, -0.05) is 28.9 Å². The first-order chi connectivity index (χ1) is 13.5. The molecule has 28 heavy (non-hydrogen) atoms. The lowest BCUT2D eigenvalue weighted by atomic mass is 10.2. The van der Waals surface area contributed by atoms with Gasteiger partial charge in [-0.05, 0) is 42.0 Å². The topological polar surface area (TPSA) is 123 Å². The highest BCUT2D eigenvalue weighted by Crippen LogP contribution is 2.19. The van der Waals surface area contributed by atoms with Crippen LogP contribution in [0, 0.1) is 0 Å². The molecule has 144 valence electrons. The van der Waals surface area contributed by atoms with Gasteiger partial charge in [0.25, 0.3) is 0 Å². The Morgan fingerprint density at radius 1 is 1.07 bits per heavy atom. The molecule has 0 bridgehead atoms. The summed E-state index contributed by atoms with van der Waals surface area (Å²) in [5, 5.41) is 9.84. The zero-order chi connectivity index (χ0) is 19.9. The van der Waals surface area contributed by atoms with E-state index in [1.807, 2.05) is 0 Å². The van der Waals surface area contributed by atoms with E-state index in [2.05, 4.69) is 20.8 Å². The van der Waals surface area contributed by atoms with Crippen LogP contribution < -0.4 is 16.4 Å². The number of nitrogens with zero attached hydrogens (tertiary/aromatic N) is 2. The van der Waals surface area contributed by atoms with E-state index in [1.165, 1.54) is 0 Å². The third kappa shape index (κ3) is 5.55. The minimum absolute atomic E-state index is 0.134. The molecule has 0 aliphatic carbocycles. The largest absolute Gasteiger partial charge is 0.352 e. The fourth-order valence-electron chi connectivity index (χ4n) is 2.43. The van der Waals surface area contributed by atoms with Crippen LogP contribution in [0.25, 0.3) is 11.4 Å². The second-order valence-corrected chi connectivity index (χ2v) is 6.42. The first kappa shape index (κ1) is 19.4. The number of benzene rings is 2. The summed E-state index contributed by atoms with van der Waals surface area (Å²) in [6, 6.07) is 13.5. The van der Waals surface area contributed by atoms with Crippen molar-refractivity contribution >= 4 is 29.2 Å². The van der Waals surface area contributed by atoms with E-state index in [4.69, 9.17) is 21.9 Å². The lowest BCUT2D eigenvalue weighted by molar-refractivity contribution is -0.121. The van der Waals surface area contributed by atoms with E-state index in [1.54, 1.807) is 48.5 Å². The van der Waals surface area contributed by atoms with Crippen molar-refractivity contribution in [1.82, 2.24) is 15.5 Å². The number of anilines is 1. The molecule has 0 atom stereocenters. The molecule has 0 spiro atoms. The van der Waals surface area contributed by atoms with Gasteiger partial charge < -0.3 is 20.9 Å². The average Bonchev–Trinajstić information content (AvgIpc) is 3.15. The molecule has 3 amide bonds. The number of carbonyl (C=O) groups excluding carboxylic acids is 2. The third-order valence-electron chi connectivity index (χ3n) is 3.85. The van der Waals surface area contributed by atoms with Crippen LogP contribution in [0.15, 0.2) is 53.1 Å². The highest BCUT2D eigenvalue weighted by Gasteiger charge is 2.11. The standard InChI is InChI=1S/C19H18ClN5O3/c20-14-5-3-13(4-6-14)18-24-17(28-25-18)10-9-16(26)22-11-12-1-7-15(8-2-12)23-19(21)27/h1-8H,9-11H2,(H,22,26)(H3,21,23,27). The van der Waals surface area contributed by atoms with E-state index in [0.717, 1.165) is 11.1 Å². The van der Waals surface area contributed by atoms with Gasteiger partial charge in [0.05, 0.1) is 0 Å². The average molecular weight is 400 g/mol. The molecular weight excluding hydrogens is 382 g/mol. The van der Waals surface area contributed by atoms with Crippen molar-refractivity contribution in [2.75, 3.05) is 5.32 Å². The smallest absolute Gasteiger partial charge is 0.316 e. The molecule has 0 radical (unpaired) electrons. The summed E-state index contributed by atoms with van der Waals surface area (Å²) in [5.41, 5.74) is 7.33. The van der Waals surface area contributed by atoms with Crippen molar-refractivity contribution in [1.29, 1.82) is 0 Å². The fourth-order valence-corrected chi connectivity index (χ4v) is 2.56. The maximum Gasteiger partial charge on any atom is 0.316 e. The monoisotopic (exact) mass is 399 g/mol. The molecule has 0 aliphatic rings. The number of rotatable bonds is 7. The van der Waals surface area contributed by atoms with Gasteiger partial charge in [-0.25, -0.2) is 4.79 Å². The first-order valence-corrected chi connectivity index (χ1v) is 8.88. The maximum absolute atomic E-state index is 12.0. The molecule has 3 aromatic rings. The van der Waals surface area contributed by atoms with Crippen molar-refractivity contribution in [3.05, 3.63) is 65.0 Å². The molecule has 0 saturated carbocycles. The summed E-state index contributed by atoms with van der Waals surface area (Å²) in [4.78, 5) is 27.1. The minimum atomic E-state index is -0.624. The summed E-state index contributed by atoms with van der Waals surface area (Å²) < 4.78 is 5.19. The molecule has 0 aliphatic heterocycles. The normalized spacial score (nSPS) is 10.5. The number of amides is 3. The molecule has 1 aromatic heterocycles. The van der Waals surface area contributed by atoms with E-state index < -0.39 is 6.03 Å². The van der Waals surface area contributed by atoms with Gasteiger partial charge in [-0.15, -0.1) is 0 Å². The summed E-state index contributed by atoms with van der Waals surface area (Å²) in [7, 11) is 0. The SMILES string of the molecule is NC(=O)Nc1ccc(CNC(=O)CCc2nc(-c3ccc(Cl)cc3)no2)cc1. The highest BCUT2D eigenvalue weighted by atomic mass is 35.5. The Morgan fingerprint density at radius 3 is 2.46 bits per heavy atom. The van der Waals surface area contributed by atoms with Crippen LogP contribution in [0.4, 0.5) is 10.5 Å². The Kier molecular flexibility index (Phi) is 6.23. The van der Waals surface area contributed by atoms with Crippen molar-refractivity contribution in [2.24, 2.45) is 5.73 Å². The molecule has 0 saturated heterocycles. The van der Waals surface area contributed by atoms with Crippen LogP contribution >= 0.6 is 11.6 Å². The summed E-state index contributed by atoms with van der Waals surface area (Å²) >= 11 is 5.86. The molecule has 0 unspecified atom stereocenters. The number of hydrogen-bond acceptors (Lipinski definition) is 5. The summed E-state index contributed by atoms with van der Waals surface area (Å²) in [5.74, 6) is 0.712. The molecule has 2 aromatic carbocycles. The van der Waals surface area contributed by atoms with Gasteiger partial charge in [0.2, 0.25) is 17.6 Å². The number of nitrogens with one attached hydrogen (secondary N) is 2. The number of hydrogen-bond donors (Lipinski definition) is 3. The highest BCUT2D eigenvalue weighted by molar-refractivity contribution is 6.30. The van der Waals surface area contributed by atoms with Gasteiger partial charge >= 0.3 is 6.03 Å². The Hall–Kier alpha value is -3.39. The number of halogens is 1. The fraction of sp³-hybridized carbons (Fsp3) is 0.158. The van der Waals surface area contributed by atoms with Crippen molar-refractivity contribution in [3.63, 3.8) is 0 Å². The second-order valence-electron chi connectivity index (χ2n) is 5.98. The quantitative estimate of drug-likeness (QED) is 0.563. The number of aryl methyl sites for hydroxylation is 1. The molecule has 3 rings (SSSR count). The van der Waals surface area contributed by atoms with E-state index >= 15 is 0 Å². The van der Waals surface area contributed by atoms with Gasteiger partial charge in [-0.2, -0.15) is 4.98 Å². The van der Waals surface area contributed by atoms with Gasteiger partial charge in [0.15, 0.2) is 0 Å². The molecule has 0 fully saturated rings. The summed E-state index contributed by atoms with van der Waals surface area (Å²) in [6.45, 7) is 0.371. The van der Waals surface area contributed by atoms with Crippen LogP contribution in [0.2, 0.25) is 5.02 Å². The molecule has 4 N–H and O–H groups in total. The molecule has 9 heteroatoms. The van der Waals surface area contributed by atoms with Crippen molar-refractivity contribution in [3.8, 4) is 11.4 Å². The number of carbonyl (C=O) groups is 2. The summed E-state index contributed by atoms with van der Waals surface area (Å²) in [6.07, 6.45) is 0.567. The van der Waals surface area contributed by atoms with Crippen LogP contribution in [0.3, 0.4) is 0 Å². The van der Waals surface area contributed by atoms with Crippen LogP contribution in [0.5, 0.6) is 0 Å². The molecular formula is C19H18ClN5O3. The van der Waals surface area contributed by atoms with Crippen LogP contribution in [-0.4, -0.2) is 22.1 Å². The van der Waals surface area contributed by atoms with E-state index in [9.17, 15) is 9.59 Å². The first-order valence-electron chi connectivity index (χ1n) is 8.50. The van der Waals surface area contributed by atoms with E-state index in [0.29, 0.717) is 35.4 Å². The maximum atomic E-state index is 12.0. The van der Waals surface area contributed by atoms with Gasteiger partial charge in [0, 0.05) is 35.7 Å². The zero-order valence-corrected chi connectivity index (χ0v) is 15.6. The molecule has 8 nitrogen and oxygen atoms in total. The number of nitrogens with two attached hydrogens (primary N) is 1. The Balaban J connectivity index is 1.45. The lowest BCUT2D eigenvalue weighted by Gasteiger charge is -2.06.